The van der Waals surface area contributed by atoms with Gasteiger partial charge in [-0.05, 0) is 38.4 Å². The highest BCUT2D eigenvalue weighted by Crippen LogP contribution is 2.40. The third-order valence-electron chi connectivity index (χ3n) is 4.48. The summed E-state index contributed by atoms with van der Waals surface area (Å²) in [5.41, 5.74) is 1.17. The number of methoxy groups -OCH3 is 3. The lowest BCUT2D eigenvalue weighted by molar-refractivity contribution is 0.0982. The van der Waals surface area contributed by atoms with Gasteiger partial charge in [-0.25, -0.2) is 4.98 Å². The third kappa shape index (κ3) is 4.28. The van der Waals surface area contributed by atoms with Crippen LogP contribution in [0.15, 0.2) is 36.4 Å². The Balaban J connectivity index is 2.10. The first kappa shape index (κ1) is 20.9. The van der Waals surface area contributed by atoms with Crippen LogP contribution in [0, 0.1) is 0 Å². The second kappa shape index (κ2) is 9.11. The molecule has 0 N–H and O–H groups in total. The summed E-state index contributed by atoms with van der Waals surface area (Å²) in [6.45, 7) is 1.17. The highest BCUT2D eigenvalue weighted by molar-refractivity contribution is 7.22. The summed E-state index contributed by atoms with van der Waals surface area (Å²) in [5.74, 6) is 1.70. The molecule has 0 atom stereocenters. The molecule has 8 heteroatoms. The molecule has 0 spiro atoms. The maximum Gasteiger partial charge on any atom is 0.263 e. The van der Waals surface area contributed by atoms with E-state index < -0.39 is 0 Å². The molecule has 0 unspecified atom stereocenters. The van der Waals surface area contributed by atoms with Crippen LogP contribution in [-0.4, -0.2) is 64.3 Å². The van der Waals surface area contributed by atoms with E-state index in [2.05, 4.69) is 0 Å². The number of ether oxygens (including phenoxy) is 3. The molecule has 0 radical (unpaired) electrons. The third-order valence-corrected chi connectivity index (χ3v) is 5.58. The molecule has 3 rings (SSSR count). The summed E-state index contributed by atoms with van der Waals surface area (Å²) < 4.78 is 17.2. The second-order valence-corrected chi connectivity index (χ2v) is 7.58. The molecule has 7 nitrogen and oxygen atoms in total. The van der Waals surface area contributed by atoms with Crippen LogP contribution in [0.5, 0.6) is 17.2 Å². The van der Waals surface area contributed by atoms with Crippen LogP contribution in [0.4, 0.5) is 5.13 Å². The summed E-state index contributed by atoms with van der Waals surface area (Å²) in [5, 5.41) is 0.584. The van der Waals surface area contributed by atoms with Crippen LogP contribution in [0.2, 0.25) is 0 Å². The van der Waals surface area contributed by atoms with E-state index in [-0.39, 0.29) is 5.91 Å². The standard InChI is InChI=1S/C21H25N3O4S/c1-23(2)12-13-24(20(25)14-8-6-7-9-15(14)26-3)21-22-18-16(27-4)10-11-17(28-5)19(18)29-21/h6-11H,12-13H2,1-5H3. The molecule has 154 valence electrons. The van der Waals surface area contributed by atoms with Gasteiger partial charge < -0.3 is 19.1 Å². The zero-order chi connectivity index (χ0) is 21.0. The van der Waals surface area contributed by atoms with Crippen molar-refractivity contribution in [2.75, 3.05) is 53.4 Å². The predicted octanol–water partition coefficient (Wildman–Crippen LogP) is 3.53. The number of carbonyl (C=O) groups excluding carboxylic acids is 1. The molecule has 0 saturated heterocycles. The Labute approximate surface area is 174 Å². The number of hydrogen-bond donors (Lipinski definition) is 0. The smallest absolute Gasteiger partial charge is 0.263 e. The maximum absolute atomic E-state index is 13.5. The Morgan fingerprint density at radius 3 is 2.24 bits per heavy atom. The lowest BCUT2D eigenvalue weighted by atomic mass is 10.1. The van der Waals surface area contributed by atoms with Crippen LogP contribution >= 0.6 is 11.3 Å². The fourth-order valence-corrected chi connectivity index (χ4v) is 4.04. The van der Waals surface area contributed by atoms with Gasteiger partial charge in [0.25, 0.3) is 5.91 Å². The number of fused-ring (bicyclic) bond motifs is 1. The Hall–Kier alpha value is -2.84. The molecule has 0 bridgehead atoms. The Kier molecular flexibility index (Phi) is 6.56. The number of thiazole rings is 1. The summed E-state index contributed by atoms with van der Waals surface area (Å²) in [6.07, 6.45) is 0. The van der Waals surface area contributed by atoms with E-state index in [9.17, 15) is 4.79 Å². The normalized spacial score (nSPS) is 11.0. The molecule has 0 aliphatic carbocycles. The van der Waals surface area contributed by atoms with Crippen LogP contribution in [0.25, 0.3) is 10.2 Å². The summed E-state index contributed by atoms with van der Waals surface area (Å²) in [7, 11) is 8.71. The van der Waals surface area contributed by atoms with Gasteiger partial charge in [0.15, 0.2) is 5.13 Å². The molecule has 0 aliphatic rings. The number of benzene rings is 2. The van der Waals surface area contributed by atoms with Crippen LogP contribution in [0.1, 0.15) is 10.4 Å². The molecular weight excluding hydrogens is 390 g/mol. The minimum absolute atomic E-state index is 0.165. The van der Waals surface area contributed by atoms with Crippen molar-refractivity contribution in [3.8, 4) is 17.2 Å². The van der Waals surface area contributed by atoms with Crippen LogP contribution < -0.4 is 19.1 Å². The topological polar surface area (TPSA) is 64.1 Å². The highest BCUT2D eigenvalue weighted by Gasteiger charge is 2.25. The van der Waals surface area contributed by atoms with Gasteiger partial charge >= 0.3 is 0 Å². The SMILES string of the molecule is COc1ccccc1C(=O)N(CCN(C)C)c1nc2c(OC)ccc(OC)c2s1. The Morgan fingerprint density at radius 2 is 1.59 bits per heavy atom. The van der Waals surface area contributed by atoms with Crippen molar-refractivity contribution in [3.63, 3.8) is 0 Å². The molecule has 3 aromatic rings. The number of amides is 1. The van der Waals surface area contributed by atoms with Crippen molar-refractivity contribution in [2.45, 2.75) is 0 Å². The minimum Gasteiger partial charge on any atom is -0.496 e. The van der Waals surface area contributed by atoms with Crippen molar-refractivity contribution >= 4 is 32.6 Å². The minimum atomic E-state index is -0.165. The fourth-order valence-electron chi connectivity index (χ4n) is 2.94. The van der Waals surface area contributed by atoms with Gasteiger partial charge in [0, 0.05) is 13.1 Å². The average molecular weight is 416 g/mol. The molecule has 2 aromatic carbocycles. The predicted molar refractivity (Wildman–Crippen MR) is 116 cm³/mol. The zero-order valence-corrected chi connectivity index (χ0v) is 18.1. The number of aromatic nitrogens is 1. The van der Waals surface area contributed by atoms with E-state index in [0.717, 1.165) is 4.70 Å². The number of carbonyl (C=O) groups is 1. The fraction of sp³-hybridized carbons (Fsp3) is 0.333. The van der Waals surface area contributed by atoms with E-state index in [0.29, 0.717) is 46.5 Å². The molecule has 1 amide bonds. The summed E-state index contributed by atoms with van der Waals surface area (Å²) in [4.78, 5) is 21.9. The van der Waals surface area contributed by atoms with Gasteiger partial charge in [0.2, 0.25) is 0 Å². The van der Waals surface area contributed by atoms with Crippen molar-refractivity contribution in [2.24, 2.45) is 0 Å². The van der Waals surface area contributed by atoms with Gasteiger partial charge in [0.05, 0.1) is 26.9 Å². The molecule has 0 fully saturated rings. The number of rotatable bonds is 8. The second-order valence-electron chi connectivity index (χ2n) is 6.60. The number of anilines is 1. The molecule has 1 heterocycles. The zero-order valence-electron chi connectivity index (χ0n) is 17.3. The van der Waals surface area contributed by atoms with Gasteiger partial charge in [0.1, 0.15) is 27.5 Å². The number of hydrogen-bond acceptors (Lipinski definition) is 7. The number of likely N-dealkylation sites (N-methyl/N-ethyl adjacent to an activating group) is 1. The summed E-state index contributed by atoms with van der Waals surface area (Å²) >= 11 is 1.40. The monoisotopic (exact) mass is 415 g/mol. The lowest BCUT2D eigenvalue weighted by Gasteiger charge is -2.22. The van der Waals surface area contributed by atoms with Crippen molar-refractivity contribution < 1.29 is 19.0 Å². The van der Waals surface area contributed by atoms with Gasteiger partial charge in [-0.3, -0.25) is 9.69 Å². The first-order valence-corrected chi connectivity index (χ1v) is 9.93. The molecule has 0 saturated carbocycles. The van der Waals surface area contributed by atoms with E-state index in [1.807, 2.05) is 43.3 Å². The van der Waals surface area contributed by atoms with E-state index in [4.69, 9.17) is 19.2 Å². The summed E-state index contributed by atoms with van der Waals surface area (Å²) in [6, 6.07) is 10.9. The lowest BCUT2D eigenvalue weighted by Crippen LogP contribution is -2.36. The van der Waals surface area contributed by atoms with Crippen LogP contribution in [0.3, 0.4) is 0 Å². The molecule has 1 aromatic heterocycles. The van der Waals surface area contributed by atoms with Crippen molar-refractivity contribution in [3.05, 3.63) is 42.0 Å². The van der Waals surface area contributed by atoms with E-state index in [1.165, 1.54) is 11.3 Å². The number of para-hydroxylation sites is 1. The molecule has 29 heavy (non-hydrogen) atoms. The maximum atomic E-state index is 13.5. The van der Waals surface area contributed by atoms with Gasteiger partial charge in [-0.1, -0.05) is 23.5 Å². The molecular formula is C21H25N3O4S. The van der Waals surface area contributed by atoms with Gasteiger partial charge in [-0.15, -0.1) is 0 Å². The van der Waals surface area contributed by atoms with Crippen molar-refractivity contribution in [1.82, 2.24) is 9.88 Å². The van der Waals surface area contributed by atoms with Crippen molar-refractivity contribution in [1.29, 1.82) is 0 Å². The van der Waals surface area contributed by atoms with E-state index >= 15 is 0 Å². The number of nitrogens with zero attached hydrogens (tertiary/aromatic N) is 3. The Morgan fingerprint density at radius 1 is 0.931 bits per heavy atom. The quantitative estimate of drug-likeness (QED) is 0.561. The largest absolute Gasteiger partial charge is 0.496 e. The first-order valence-electron chi connectivity index (χ1n) is 9.11. The van der Waals surface area contributed by atoms with Crippen LogP contribution in [-0.2, 0) is 0 Å². The van der Waals surface area contributed by atoms with Gasteiger partial charge in [-0.2, -0.15) is 0 Å². The van der Waals surface area contributed by atoms with E-state index in [1.54, 1.807) is 38.4 Å². The Bertz CT molecular complexity index is 962. The first-order chi connectivity index (χ1) is 14.0. The average Bonchev–Trinajstić information content (AvgIpc) is 3.17. The highest BCUT2D eigenvalue weighted by atomic mass is 32.1. The molecule has 0 aliphatic heterocycles.